The van der Waals surface area contributed by atoms with Gasteiger partial charge in [-0.2, -0.15) is 0 Å². The van der Waals surface area contributed by atoms with E-state index in [4.69, 9.17) is 10.5 Å². The molecule has 0 radical (unpaired) electrons. The predicted octanol–water partition coefficient (Wildman–Crippen LogP) is 0.831. The van der Waals surface area contributed by atoms with Crippen molar-refractivity contribution in [1.82, 2.24) is 5.32 Å². The molecule has 1 heterocycles. The second-order valence-electron chi connectivity index (χ2n) is 3.90. The summed E-state index contributed by atoms with van der Waals surface area (Å²) in [5.41, 5.74) is 5.41. The number of rotatable bonds is 4. The van der Waals surface area contributed by atoms with Crippen LogP contribution in [0.2, 0.25) is 0 Å². The van der Waals surface area contributed by atoms with Crippen LogP contribution in [0.4, 0.5) is 0 Å². The van der Waals surface area contributed by atoms with Gasteiger partial charge in [0, 0.05) is 19.2 Å². The highest BCUT2D eigenvalue weighted by atomic mass is 35.5. The molecule has 90 valence electrons. The molecule has 0 aromatic rings. The van der Waals surface area contributed by atoms with Gasteiger partial charge >= 0.3 is 0 Å². The molecule has 1 fully saturated rings. The number of carbonyl (C=O) groups is 1. The molecule has 2 atom stereocenters. The van der Waals surface area contributed by atoms with E-state index in [2.05, 4.69) is 5.32 Å². The average molecular weight is 237 g/mol. The molecule has 15 heavy (non-hydrogen) atoms. The van der Waals surface area contributed by atoms with Crippen molar-refractivity contribution in [3.05, 3.63) is 0 Å². The van der Waals surface area contributed by atoms with Gasteiger partial charge in [0.15, 0.2) is 0 Å². The first-order valence-corrected chi connectivity index (χ1v) is 5.33. The van der Waals surface area contributed by atoms with Crippen LogP contribution in [0.1, 0.15) is 32.6 Å². The van der Waals surface area contributed by atoms with Gasteiger partial charge in [0.25, 0.3) is 0 Å². The summed E-state index contributed by atoms with van der Waals surface area (Å²) < 4.78 is 5.47. The maximum Gasteiger partial charge on any atom is 0.222 e. The third-order valence-corrected chi connectivity index (χ3v) is 2.45. The lowest BCUT2D eigenvalue weighted by Crippen LogP contribution is -2.39. The first kappa shape index (κ1) is 14.7. The Hall–Kier alpha value is -0.320. The quantitative estimate of drug-likeness (QED) is 0.760. The van der Waals surface area contributed by atoms with Gasteiger partial charge in [0.2, 0.25) is 5.91 Å². The Morgan fingerprint density at radius 2 is 2.33 bits per heavy atom. The highest BCUT2D eigenvalue weighted by Gasteiger charge is 2.17. The molecule has 1 aliphatic heterocycles. The first-order valence-electron chi connectivity index (χ1n) is 5.33. The molecule has 0 bridgehead atoms. The van der Waals surface area contributed by atoms with E-state index in [1.54, 1.807) is 0 Å². The molecule has 3 N–H and O–H groups in total. The summed E-state index contributed by atoms with van der Waals surface area (Å²) in [4.78, 5) is 11.4. The lowest BCUT2D eigenvalue weighted by molar-refractivity contribution is -0.125. The molecule has 0 aromatic carbocycles. The highest BCUT2D eigenvalue weighted by molar-refractivity contribution is 5.85. The monoisotopic (exact) mass is 236 g/mol. The Kier molecular flexibility index (Phi) is 7.74. The standard InChI is InChI=1S/C10H20N2O2.ClH/c1-8(7-11)12-10(13)6-9-4-2-3-5-14-9;/h8-9H,2-7,11H2,1H3,(H,12,13);1H/t8-,9?;/m0./s1. The summed E-state index contributed by atoms with van der Waals surface area (Å²) in [6.07, 6.45) is 3.89. The molecule has 0 aromatic heterocycles. The zero-order valence-corrected chi connectivity index (χ0v) is 10.0. The third kappa shape index (κ3) is 5.97. The lowest BCUT2D eigenvalue weighted by Gasteiger charge is -2.22. The zero-order chi connectivity index (χ0) is 10.4. The van der Waals surface area contributed by atoms with Crippen molar-refractivity contribution < 1.29 is 9.53 Å². The highest BCUT2D eigenvalue weighted by Crippen LogP contribution is 2.15. The maximum atomic E-state index is 11.4. The topological polar surface area (TPSA) is 64.3 Å². The van der Waals surface area contributed by atoms with Gasteiger partial charge in [-0.3, -0.25) is 4.79 Å². The number of nitrogens with one attached hydrogen (secondary N) is 1. The summed E-state index contributed by atoms with van der Waals surface area (Å²) in [5, 5.41) is 2.83. The molecule has 4 nitrogen and oxygen atoms in total. The van der Waals surface area contributed by atoms with Crippen molar-refractivity contribution in [2.24, 2.45) is 5.73 Å². The fourth-order valence-electron chi connectivity index (χ4n) is 1.57. The van der Waals surface area contributed by atoms with Crippen LogP contribution >= 0.6 is 12.4 Å². The summed E-state index contributed by atoms with van der Waals surface area (Å²) in [7, 11) is 0. The fraction of sp³-hybridized carbons (Fsp3) is 0.900. The van der Waals surface area contributed by atoms with E-state index in [0.29, 0.717) is 13.0 Å². The number of amides is 1. The number of halogens is 1. The number of hydrogen-bond acceptors (Lipinski definition) is 3. The van der Waals surface area contributed by atoms with Crippen LogP contribution in [0.3, 0.4) is 0 Å². The van der Waals surface area contributed by atoms with Crippen LogP contribution in [0, 0.1) is 0 Å². The second-order valence-corrected chi connectivity index (χ2v) is 3.90. The molecular weight excluding hydrogens is 216 g/mol. The van der Waals surface area contributed by atoms with Crippen LogP contribution in [0.25, 0.3) is 0 Å². The minimum absolute atomic E-state index is 0. The van der Waals surface area contributed by atoms with Crippen molar-refractivity contribution in [1.29, 1.82) is 0 Å². The van der Waals surface area contributed by atoms with Crippen molar-refractivity contribution in [2.45, 2.75) is 44.8 Å². The molecule has 1 unspecified atom stereocenters. The summed E-state index contributed by atoms with van der Waals surface area (Å²) >= 11 is 0. The Morgan fingerprint density at radius 1 is 1.60 bits per heavy atom. The summed E-state index contributed by atoms with van der Waals surface area (Å²) in [6, 6.07) is 0.0612. The normalized spacial score (nSPS) is 22.7. The zero-order valence-electron chi connectivity index (χ0n) is 9.20. The average Bonchev–Trinajstić information content (AvgIpc) is 2.19. The van der Waals surface area contributed by atoms with E-state index in [0.717, 1.165) is 19.4 Å². The molecule has 0 saturated carbocycles. The molecule has 1 aliphatic rings. The van der Waals surface area contributed by atoms with Crippen molar-refractivity contribution in [3.8, 4) is 0 Å². The number of carbonyl (C=O) groups excluding carboxylic acids is 1. The smallest absolute Gasteiger partial charge is 0.222 e. The Labute approximate surface area is 97.3 Å². The molecule has 1 saturated heterocycles. The maximum absolute atomic E-state index is 11.4. The minimum atomic E-state index is 0. The van der Waals surface area contributed by atoms with Crippen LogP contribution in [-0.2, 0) is 9.53 Å². The van der Waals surface area contributed by atoms with Crippen LogP contribution < -0.4 is 11.1 Å². The van der Waals surface area contributed by atoms with E-state index in [1.165, 1.54) is 6.42 Å². The van der Waals surface area contributed by atoms with Gasteiger partial charge in [0.1, 0.15) is 0 Å². The SMILES string of the molecule is C[C@@H](CN)NC(=O)CC1CCCCO1.Cl. The van der Waals surface area contributed by atoms with Crippen molar-refractivity contribution in [3.63, 3.8) is 0 Å². The largest absolute Gasteiger partial charge is 0.378 e. The van der Waals surface area contributed by atoms with E-state index < -0.39 is 0 Å². The molecule has 1 amide bonds. The van der Waals surface area contributed by atoms with Crippen molar-refractivity contribution >= 4 is 18.3 Å². The minimum Gasteiger partial charge on any atom is -0.378 e. The molecule has 5 heteroatoms. The molecule has 1 rings (SSSR count). The van der Waals surface area contributed by atoms with Gasteiger partial charge in [-0.05, 0) is 26.2 Å². The fourth-order valence-corrected chi connectivity index (χ4v) is 1.57. The van der Waals surface area contributed by atoms with E-state index >= 15 is 0 Å². The number of ether oxygens (including phenoxy) is 1. The van der Waals surface area contributed by atoms with E-state index in [1.807, 2.05) is 6.92 Å². The van der Waals surface area contributed by atoms with Gasteiger partial charge in [-0.1, -0.05) is 0 Å². The molecule has 0 spiro atoms. The van der Waals surface area contributed by atoms with Crippen molar-refractivity contribution in [2.75, 3.05) is 13.2 Å². The van der Waals surface area contributed by atoms with Crippen LogP contribution in [-0.4, -0.2) is 31.2 Å². The van der Waals surface area contributed by atoms with Gasteiger partial charge < -0.3 is 15.8 Å². The van der Waals surface area contributed by atoms with Crippen LogP contribution in [0.5, 0.6) is 0 Å². The second kappa shape index (κ2) is 7.91. The molecule has 0 aliphatic carbocycles. The number of nitrogens with two attached hydrogens (primary N) is 1. The Balaban J connectivity index is 0.00000196. The first-order chi connectivity index (χ1) is 6.72. The lowest BCUT2D eigenvalue weighted by atomic mass is 10.1. The van der Waals surface area contributed by atoms with E-state index in [-0.39, 0.29) is 30.5 Å². The van der Waals surface area contributed by atoms with Gasteiger partial charge in [-0.25, -0.2) is 0 Å². The summed E-state index contributed by atoms with van der Waals surface area (Å²) in [5.74, 6) is 0.0508. The van der Waals surface area contributed by atoms with Gasteiger partial charge in [-0.15, -0.1) is 12.4 Å². The predicted molar refractivity (Wildman–Crippen MR) is 62.1 cm³/mol. The molecular formula is C10H21ClN2O2. The Morgan fingerprint density at radius 3 is 2.87 bits per heavy atom. The Bertz CT molecular complexity index is 184. The third-order valence-electron chi connectivity index (χ3n) is 2.45. The number of hydrogen-bond donors (Lipinski definition) is 2. The summed E-state index contributed by atoms with van der Waals surface area (Å²) in [6.45, 7) is 3.18. The van der Waals surface area contributed by atoms with Gasteiger partial charge in [0.05, 0.1) is 12.5 Å². The van der Waals surface area contributed by atoms with E-state index in [9.17, 15) is 4.79 Å². The van der Waals surface area contributed by atoms with Crippen LogP contribution in [0.15, 0.2) is 0 Å².